The molecule has 5 heteroatoms. The van der Waals surface area contributed by atoms with E-state index < -0.39 is 0 Å². The molecule has 1 saturated carbocycles. The lowest BCUT2D eigenvalue weighted by molar-refractivity contribution is -0.523. The fraction of sp³-hybridized carbons (Fsp3) is 0.391. The van der Waals surface area contributed by atoms with Crippen molar-refractivity contribution in [3.05, 3.63) is 43.0 Å². The number of fused-ring (bicyclic) bond motifs is 4. The highest BCUT2D eigenvalue weighted by Crippen LogP contribution is 2.43. The fourth-order valence-electron chi connectivity index (χ4n) is 4.46. The van der Waals surface area contributed by atoms with E-state index in [9.17, 15) is 4.79 Å². The van der Waals surface area contributed by atoms with Gasteiger partial charge in [0.25, 0.3) is 0 Å². The number of hydrogen-bond acceptors (Lipinski definition) is 3. The molecule has 0 saturated heterocycles. The van der Waals surface area contributed by atoms with Gasteiger partial charge in [-0.05, 0) is 26.3 Å². The summed E-state index contributed by atoms with van der Waals surface area (Å²) in [4.78, 5) is 11.9. The molecule has 0 bridgehead atoms. The van der Waals surface area contributed by atoms with Crippen LogP contribution in [0.4, 0.5) is 11.4 Å². The van der Waals surface area contributed by atoms with Crippen LogP contribution in [0.15, 0.2) is 43.0 Å². The predicted molar refractivity (Wildman–Crippen MR) is 115 cm³/mol. The number of amides is 1. The SMILES string of the molecule is C=CC(=O)Nc1cc2c(c3ccccc13)NC1CCC(=[N+](CC)CC)CC1O2. The van der Waals surface area contributed by atoms with Crippen LogP contribution in [-0.2, 0) is 4.79 Å². The van der Waals surface area contributed by atoms with Crippen molar-refractivity contribution in [1.82, 2.24) is 0 Å². The first-order valence-electron chi connectivity index (χ1n) is 10.2. The van der Waals surface area contributed by atoms with Crippen LogP contribution in [0, 0.1) is 0 Å². The van der Waals surface area contributed by atoms with Crippen LogP contribution in [0.1, 0.15) is 33.1 Å². The average Bonchev–Trinajstić information content (AvgIpc) is 2.73. The number of rotatable bonds is 4. The molecule has 1 aliphatic heterocycles. The van der Waals surface area contributed by atoms with Crippen LogP contribution in [0.3, 0.4) is 0 Å². The molecule has 4 rings (SSSR count). The zero-order valence-corrected chi connectivity index (χ0v) is 16.6. The van der Waals surface area contributed by atoms with Gasteiger partial charge in [0.1, 0.15) is 24.9 Å². The smallest absolute Gasteiger partial charge is 0.247 e. The molecule has 0 aromatic heterocycles. The molecular formula is C23H28N3O2+. The Morgan fingerprint density at radius 3 is 2.79 bits per heavy atom. The van der Waals surface area contributed by atoms with Gasteiger partial charge in [0.2, 0.25) is 5.91 Å². The zero-order chi connectivity index (χ0) is 19.7. The highest BCUT2D eigenvalue weighted by molar-refractivity contribution is 6.10. The minimum absolute atomic E-state index is 0.112. The molecule has 1 fully saturated rings. The summed E-state index contributed by atoms with van der Waals surface area (Å²) in [6, 6.07) is 10.3. The molecule has 1 amide bonds. The summed E-state index contributed by atoms with van der Waals surface area (Å²) in [5.41, 5.74) is 3.26. The van der Waals surface area contributed by atoms with Gasteiger partial charge in [-0.25, -0.2) is 4.58 Å². The number of benzene rings is 2. The van der Waals surface area contributed by atoms with Gasteiger partial charge < -0.3 is 15.4 Å². The lowest BCUT2D eigenvalue weighted by Gasteiger charge is -2.38. The number of carbonyl (C=O) groups excluding carboxylic acids is 1. The summed E-state index contributed by atoms with van der Waals surface area (Å²) in [7, 11) is 0. The molecule has 0 spiro atoms. The van der Waals surface area contributed by atoms with Crippen LogP contribution in [0.2, 0.25) is 0 Å². The summed E-state index contributed by atoms with van der Waals surface area (Å²) in [5, 5.41) is 8.73. The average molecular weight is 378 g/mol. The molecule has 2 aliphatic rings. The van der Waals surface area contributed by atoms with Gasteiger partial charge in [0.05, 0.1) is 23.8 Å². The Hall–Kier alpha value is -2.82. The number of nitrogens with zero attached hydrogens (tertiary/aromatic N) is 1. The molecule has 2 atom stereocenters. The first-order valence-corrected chi connectivity index (χ1v) is 10.2. The lowest BCUT2D eigenvalue weighted by atomic mass is 9.88. The van der Waals surface area contributed by atoms with Crippen molar-refractivity contribution in [3.63, 3.8) is 0 Å². The quantitative estimate of drug-likeness (QED) is 0.620. The van der Waals surface area contributed by atoms with Crippen LogP contribution in [-0.4, -0.2) is 41.4 Å². The number of nitrogens with one attached hydrogen (secondary N) is 2. The van der Waals surface area contributed by atoms with Gasteiger partial charge in [0.15, 0.2) is 5.71 Å². The highest BCUT2D eigenvalue weighted by Gasteiger charge is 2.38. The zero-order valence-electron chi connectivity index (χ0n) is 16.6. The molecule has 1 aliphatic carbocycles. The van der Waals surface area contributed by atoms with Gasteiger partial charge in [-0.3, -0.25) is 4.79 Å². The minimum atomic E-state index is -0.221. The third-order valence-electron chi connectivity index (χ3n) is 5.90. The van der Waals surface area contributed by atoms with Gasteiger partial charge in [-0.1, -0.05) is 30.8 Å². The first kappa shape index (κ1) is 18.5. The van der Waals surface area contributed by atoms with E-state index in [0.29, 0.717) is 6.04 Å². The Kier molecular flexibility index (Phi) is 5.07. The molecule has 1 heterocycles. The molecule has 2 aromatic rings. The Bertz CT molecular complexity index is 958. The van der Waals surface area contributed by atoms with Crippen molar-refractivity contribution in [2.75, 3.05) is 23.7 Å². The van der Waals surface area contributed by atoms with Crippen molar-refractivity contribution in [1.29, 1.82) is 0 Å². The summed E-state index contributed by atoms with van der Waals surface area (Å²) in [5.74, 6) is 0.585. The summed E-state index contributed by atoms with van der Waals surface area (Å²) < 4.78 is 8.93. The van der Waals surface area contributed by atoms with E-state index in [1.54, 1.807) is 0 Å². The number of hydrogen-bond donors (Lipinski definition) is 2. The minimum Gasteiger partial charge on any atom is -0.485 e. The van der Waals surface area contributed by atoms with E-state index in [1.807, 2.05) is 24.3 Å². The Morgan fingerprint density at radius 2 is 2.07 bits per heavy atom. The third kappa shape index (κ3) is 3.26. The number of ether oxygens (including phenoxy) is 1. The second kappa shape index (κ2) is 7.66. The maximum absolute atomic E-state index is 11.9. The van der Waals surface area contributed by atoms with Crippen molar-refractivity contribution in [2.45, 2.75) is 45.3 Å². The Morgan fingerprint density at radius 1 is 1.32 bits per heavy atom. The fourth-order valence-corrected chi connectivity index (χ4v) is 4.46. The molecule has 28 heavy (non-hydrogen) atoms. The summed E-state index contributed by atoms with van der Waals surface area (Å²) in [6.45, 7) is 10.0. The summed E-state index contributed by atoms with van der Waals surface area (Å²) >= 11 is 0. The number of carbonyl (C=O) groups is 1. The highest BCUT2D eigenvalue weighted by atomic mass is 16.5. The maximum Gasteiger partial charge on any atom is 0.247 e. The molecule has 2 unspecified atom stereocenters. The molecular weight excluding hydrogens is 350 g/mol. The topological polar surface area (TPSA) is 53.4 Å². The van der Waals surface area contributed by atoms with Crippen LogP contribution < -0.4 is 15.4 Å². The van der Waals surface area contributed by atoms with E-state index in [0.717, 1.165) is 60.2 Å². The molecule has 2 N–H and O–H groups in total. The monoisotopic (exact) mass is 378 g/mol. The largest absolute Gasteiger partial charge is 0.485 e. The molecule has 0 radical (unpaired) electrons. The van der Waals surface area contributed by atoms with E-state index in [-0.39, 0.29) is 12.0 Å². The summed E-state index contributed by atoms with van der Waals surface area (Å²) in [6.07, 6.45) is 4.52. The van der Waals surface area contributed by atoms with Crippen molar-refractivity contribution in [2.24, 2.45) is 0 Å². The van der Waals surface area contributed by atoms with Crippen LogP contribution in [0.25, 0.3) is 10.8 Å². The van der Waals surface area contributed by atoms with Crippen molar-refractivity contribution >= 4 is 33.8 Å². The normalized spacial score (nSPS) is 20.4. The maximum atomic E-state index is 11.9. The standard InChI is InChI=1S/C23H27N3O2/c1-4-22(27)24-19-14-21-23(17-10-8-7-9-16(17)19)25-18-12-11-15(13-20(18)28-21)26(5-2)6-3/h4,7-10,14,18,20,25H,1,5-6,11-13H2,2-3H3/p+1. The second-order valence-electron chi connectivity index (χ2n) is 7.42. The predicted octanol–water partition coefficient (Wildman–Crippen LogP) is 4.18. The molecule has 5 nitrogen and oxygen atoms in total. The van der Waals surface area contributed by atoms with Gasteiger partial charge in [-0.2, -0.15) is 0 Å². The van der Waals surface area contributed by atoms with Crippen molar-refractivity contribution in [3.8, 4) is 5.75 Å². The third-order valence-corrected chi connectivity index (χ3v) is 5.90. The van der Waals surface area contributed by atoms with Crippen LogP contribution in [0.5, 0.6) is 5.75 Å². The van der Waals surface area contributed by atoms with E-state index in [4.69, 9.17) is 4.74 Å². The van der Waals surface area contributed by atoms with Gasteiger partial charge in [-0.15, -0.1) is 0 Å². The van der Waals surface area contributed by atoms with Gasteiger partial charge >= 0.3 is 0 Å². The van der Waals surface area contributed by atoms with E-state index >= 15 is 0 Å². The molecule has 2 aromatic carbocycles. The Balaban J connectivity index is 1.73. The number of anilines is 2. The van der Waals surface area contributed by atoms with Gasteiger partial charge in [0, 0.05) is 23.3 Å². The second-order valence-corrected chi connectivity index (χ2v) is 7.42. The van der Waals surface area contributed by atoms with Crippen LogP contribution >= 0.6 is 0 Å². The van der Waals surface area contributed by atoms with E-state index in [1.165, 1.54) is 11.8 Å². The lowest BCUT2D eigenvalue weighted by Crippen LogP contribution is -2.47. The molecule has 146 valence electrons. The van der Waals surface area contributed by atoms with E-state index in [2.05, 4.69) is 41.7 Å². The van der Waals surface area contributed by atoms with Crippen molar-refractivity contribution < 1.29 is 14.1 Å². The Labute approximate surface area is 166 Å². The first-order chi connectivity index (χ1) is 13.6.